The molecule has 66 valence electrons. The molecule has 0 aromatic heterocycles. The van der Waals surface area contributed by atoms with Crippen molar-refractivity contribution in [2.75, 3.05) is 19.9 Å². The number of hydrogen-bond acceptors (Lipinski definition) is 1. The van der Waals surface area contributed by atoms with Crippen LogP contribution < -0.4 is 0 Å². The summed E-state index contributed by atoms with van der Waals surface area (Å²) >= 11 is 0. The summed E-state index contributed by atoms with van der Waals surface area (Å²) in [6.07, 6.45) is 1.68. The van der Waals surface area contributed by atoms with Crippen LogP contribution in [-0.4, -0.2) is 19.9 Å². The molecule has 0 amide bonds. The number of ether oxygens (including phenoxy) is 1. The van der Waals surface area contributed by atoms with Crippen LogP contribution in [0.15, 0.2) is 0 Å². The van der Waals surface area contributed by atoms with Crippen molar-refractivity contribution >= 4 is 0 Å². The first-order valence-corrected chi connectivity index (χ1v) is 4.35. The lowest BCUT2D eigenvalue weighted by atomic mass is 9.72. The monoisotopic (exact) mass is 160 g/mol. The van der Waals surface area contributed by atoms with E-state index in [4.69, 9.17) is 4.74 Å². The third kappa shape index (κ3) is 1.73. The van der Waals surface area contributed by atoms with E-state index in [-0.39, 0.29) is 6.67 Å². The Morgan fingerprint density at radius 2 is 2.09 bits per heavy atom. The van der Waals surface area contributed by atoms with Gasteiger partial charge >= 0.3 is 0 Å². The highest BCUT2D eigenvalue weighted by Gasteiger charge is 2.40. The van der Waals surface area contributed by atoms with Gasteiger partial charge in [0.1, 0.15) is 0 Å². The van der Waals surface area contributed by atoms with Crippen molar-refractivity contribution in [2.24, 2.45) is 11.3 Å². The van der Waals surface area contributed by atoms with Gasteiger partial charge in [0.05, 0.1) is 19.9 Å². The minimum absolute atomic E-state index is 0.186. The second-order valence-corrected chi connectivity index (χ2v) is 3.80. The SMILES string of the molecule is CC(C)C1(CCCF)COC1. The predicted molar refractivity (Wildman–Crippen MR) is 43.3 cm³/mol. The molecule has 0 aromatic rings. The van der Waals surface area contributed by atoms with Crippen molar-refractivity contribution in [3.63, 3.8) is 0 Å². The molecular weight excluding hydrogens is 143 g/mol. The van der Waals surface area contributed by atoms with Crippen molar-refractivity contribution in [2.45, 2.75) is 26.7 Å². The lowest BCUT2D eigenvalue weighted by Crippen LogP contribution is -2.46. The summed E-state index contributed by atoms with van der Waals surface area (Å²) in [6.45, 7) is 5.88. The molecule has 1 fully saturated rings. The second kappa shape index (κ2) is 3.53. The molecule has 0 saturated carbocycles. The average Bonchev–Trinajstić information content (AvgIpc) is 1.85. The zero-order chi connectivity index (χ0) is 8.32. The summed E-state index contributed by atoms with van der Waals surface area (Å²) < 4.78 is 17.1. The van der Waals surface area contributed by atoms with Crippen LogP contribution in [0.3, 0.4) is 0 Å². The van der Waals surface area contributed by atoms with E-state index in [9.17, 15) is 4.39 Å². The van der Waals surface area contributed by atoms with E-state index < -0.39 is 0 Å². The standard InChI is InChI=1S/C9H17FO/c1-8(2)9(4-3-5-10)6-11-7-9/h8H,3-7H2,1-2H3. The Hall–Kier alpha value is -0.110. The molecule has 1 aliphatic heterocycles. The van der Waals surface area contributed by atoms with Gasteiger partial charge < -0.3 is 4.74 Å². The highest BCUT2D eigenvalue weighted by molar-refractivity contribution is 4.87. The van der Waals surface area contributed by atoms with Crippen LogP contribution in [0.2, 0.25) is 0 Å². The Morgan fingerprint density at radius 3 is 2.36 bits per heavy atom. The maximum atomic E-state index is 11.9. The molecule has 1 heterocycles. The van der Waals surface area contributed by atoms with Gasteiger partial charge in [-0.3, -0.25) is 4.39 Å². The van der Waals surface area contributed by atoms with Crippen LogP contribution in [0.25, 0.3) is 0 Å². The van der Waals surface area contributed by atoms with Crippen molar-refractivity contribution in [3.05, 3.63) is 0 Å². The van der Waals surface area contributed by atoms with Gasteiger partial charge in [-0.05, 0) is 18.8 Å². The van der Waals surface area contributed by atoms with E-state index in [0.717, 1.165) is 19.6 Å². The molecule has 0 aromatic carbocycles. The first-order valence-electron chi connectivity index (χ1n) is 4.35. The summed E-state index contributed by atoms with van der Waals surface area (Å²) in [5, 5.41) is 0. The molecule has 1 rings (SSSR count). The van der Waals surface area contributed by atoms with Crippen LogP contribution in [-0.2, 0) is 4.74 Å². The van der Waals surface area contributed by atoms with Gasteiger partial charge in [-0.2, -0.15) is 0 Å². The maximum Gasteiger partial charge on any atom is 0.0894 e. The fraction of sp³-hybridized carbons (Fsp3) is 1.00. The molecule has 0 unspecified atom stereocenters. The Kier molecular flexibility index (Phi) is 2.88. The van der Waals surface area contributed by atoms with Crippen LogP contribution in [0.4, 0.5) is 4.39 Å². The van der Waals surface area contributed by atoms with E-state index in [1.54, 1.807) is 0 Å². The lowest BCUT2D eigenvalue weighted by Gasteiger charge is -2.45. The number of hydrogen-bond donors (Lipinski definition) is 0. The fourth-order valence-electron chi connectivity index (χ4n) is 1.55. The molecule has 0 spiro atoms. The van der Waals surface area contributed by atoms with E-state index in [0.29, 0.717) is 17.8 Å². The number of rotatable bonds is 4. The van der Waals surface area contributed by atoms with Crippen LogP contribution in [0.1, 0.15) is 26.7 Å². The molecule has 0 radical (unpaired) electrons. The highest BCUT2D eigenvalue weighted by Crippen LogP contribution is 2.39. The lowest BCUT2D eigenvalue weighted by molar-refractivity contribution is -0.144. The molecule has 2 heteroatoms. The Bertz CT molecular complexity index is 119. The van der Waals surface area contributed by atoms with Crippen molar-refractivity contribution < 1.29 is 9.13 Å². The van der Waals surface area contributed by atoms with Crippen molar-refractivity contribution in [3.8, 4) is 0 Å². The van der Waals surface area contributed by atoms with Crippen LogP contribution >= 0.6 is 0 Å². The van der Waals surface area contributed by atoms with Gasteiger partial charge in [0, 0.05) is 5.41 Å². The zero-order valence-electron chi connectivity index (χ0n) is 7.40. The topological polar surface area (TPSA) is 9.23 Å². The summed E-state index contributed by atoms with van der Waals surface area (Å²) in [6, 6.07) is 0. The first-order chi connectivity index (χ1) is 5.21. The fourth-order valence-corrected chi connectivity index (χ4v) is 1.55. The van der Waals surface area contributed by atoms with Gasteiger partial charge in [0.25, 0.3) is 0 Å². The Labute approximate surface area is 67.9 Å². The van der Waals surface area contributed by atoms with E-state index >= 15 is 0 Å². The molecular formula is C9H17FO. The average molecular weight is 160 g/mol. The third-order valence-corrected chi connectivity index (χ3v) is 2.81. The molecule has 0 atom stereocenters. The molecule has 1 aliphatic rings. The Balaban J connectivity index is 2.34. The first kappa shape index (κ1) is 8.98. The second-order valence-electron chi connectivity index (χ2n) is 3.80. The third-order valence-electron chi connectivity index (χ3n) is 2.81. The number of halogens is 1. The zero-order valence-corrected chi connectivity index (χ0v) is 7.40. The number of alkyl halides is 1. The maximum absolute atomic E-state index is 11.9. The molecule has 0 aliphatic carbocycles. The van der Waals surface area contributed by atoms with E-state index in [1.807, 2.05) is 0 Å². The van der Waals surface area contributed by atoms with Gasteiger partial charge in [-0.1, -0.05) is 13.8 Å². The summed E-state index contributed by atoms with van der Waals surface area (Å²) in [5.74, 6) is 0.628. The summed E-state index contributed by atoms with van der Waals surface area (Å²) in [5.41, 5.74) is 0.312. The smallest absolute Gasteiger partial charge is 0.0894 e. The quantitative estimate of drug-likeness (QED) is 0.613. The highest BCUT2D eigenvalue weighted by atomic mass is 19.1. The van der Waals surface area contributed by atoms with Gasteiger partial charge in [0.15, 0.2) is 0 Å². The molecule has 0 N–H and O–H groups in total. The van der Waals surface area contributed by atoms with Gasteiger partial charge in [0.2, 0.25) is 0 Å². The van der Waals surface area contributed by atoms with Crippen molar-refractivity contribution in [1.82, 2.24) is 0 Å². The van der Waals surface area contributed by atoms with E-state index in [2.05, 4.69) is 13.8 Å². The van der Waals surface area contributed by atoms with Gasteiger partial charge in [-0.25, -0.2) is 0 Å². The molecule has 1 nitrogen and oxygen atoms in total. The van der Waals surface area contributed by atoms with Crippen LogP contribution in [0, 0.1) is 11.3 Å². The van der Waals surface area contributed by atoms with Gasteiger partial charge in [-0.15, -0.1) is 0 Å². The minimum Gasteiger partial charge on any atom is -0.380 e. The largest absolute Gasteiger partial charge is 0.380 e. The minimum atomic E-state index is -0.186. The molecule has 0 bridgehead atoms. The Morgan fingerprint density at radius 1 is 1.45 bits per heavy atom. The summed E-state index contributed by atoms with van der Waals surface area (Å²) in [7, 11) is 0. The van der Waals surface area contributed by atoms with Crippen LogP contribution in [0.5, 0.6) is 0 Å². The predicted octanol–water partition coefficient (Wildman–Crippen LogP) is 2.41. The summed E-state index contributed by atoms with van der Waals surface area (Å²) in [4.78, 5) is 0. The molecule has 11 heavy (non-hydrogen) atoms. The normalized spacial score (nSPS) is 21.8. The molecule has 1 saturated heterocycles. The van der Waals surface area contributed by atoms with E-state index in [1.165, 1.54) is 0 Å². The van der Waals surface area contributed by atoms with Crippen molar-refractivity contribution in [1.29, 1.82) is 0 Å².